The van der Waals surface area contributed by atoms with E-state index in [-0.39, 0.29) is 41.7 Å². The van der Waals surface area contributed by atoms with Gasteiger partial charge in [-0.25, -0.2) is 9.69 Å². The highest BCUT2D eigenvalue weighted by atomic mass is 16.4. The van der Waals surface area contributed by atoms with Gasteiger partial charge in [0.05, 0.1) is 40.1 Å². The number of aromatic carboxylic acids is 1. The van der Waals surface area contributed by atoms with Gasteiger partial charge in [-0.2, -0.15) is 0 Å². The number of imide groups is 2. The zero-order valence-corrected chi connectivity index (χ0v) is 25.4. The molecule has 3 fully saturated rings. The van der Waals surface area contributed by atoms with Gasteiger partial charge >= 0.3 is 5.97 Å². The Balaban J connectivity index is 1.30. The topological polar surface area (TPSA) is 132 Å². The number of hydrogen-bond acceptors (Lipinski definition) is 6. The van der Waals surface area contributed by atoms with E-state index in [0.717, 1.165) is 21.4 Å². The van der Waals surface area contributed by atoms with Gasteiger partial charge < -0.3 is 10.2 Å². The Kier molecular flexibility index (Phi) is 6.28. The van der Waals surface area contributed by atoms with Gasteiger partial charge in [-0.3, -0.25) is 24.1 Å². The van der Waals surface area contributed by atoms with Crippen LogP contribution in [0.25, 0.3) is 10.8 Å². The lowest BCUT2D eigenvalue weighted by atomic mass is 9.51. The van der Waals surface area contributed by atoms with E-state index in [1.165, 1.54) is 23.1 Å². The summed E-state index contributed by atoms with van der Waals surface area (Å²) in [7, 11) is 0. The molecule has 9 nitrogen and oxygen atoms in total. The number of aromatic hydroxyl groups is 1. The maximum absolute atomic E-state index is 14.7. The van der Waals surface area contributed by atoms with Crippen molar-refractivity contribution < 1.29 is 34.2 Å². The maximum Gasteiger partial charge on any atom is 0.335 e. The highest BCUT2D eigenvalue weighted by Crippen LogP contribution is 2.64. The fraction of sp³-hybridized carbons (Fsp3) is 0.237. The zero-order chi connectivity index (χ0) is 32.8. The molecular weight excluding hydrogens is 596 g/mol. The van der Waals surface area contributed by atoms with Crippen molar-refractivity contribution in [3.63, 3.8) is 0 Å². The lowest BCUT2D eigenvalue weighted by molar-refractivity contribution is -0.131. The Bertz CT molecular complexity index is 2090. The summed E-state index contributed by atoms with van der Waals surface area (Å²) >= 11 is 0. The van der Waals surface area contributed by atoms with Crippen LogP contribution in [-0.4, -0.2) is 39.8 Å². The molecule has 6 atom stereocenters. The molecule has 4 aromatic carbocycles. The number of anilines is 2. The molecular formula is C38H30N2O7. The molecule has 2 N–H and O–H groups in total. The third-order valence-electron chi connectivity index (χ3n) is 10.9. The van der Waals surface area contributed by atoms with Crippen LogP contribution in [0.4, 0.5) is 11.4 Å². The summed E-state index contributed by atoms with van der Waals surface area (Å²) in [5.41, 5.74) is 1.00. The lowest BCUT2D eigenvalue weighted by Crippen LogP contribution is -2.49. The molecule has 2 heterocycles. The predicted octanol–water partition coefficient (Wildman–Crippen LogP) is 5.68. The number of carbonyl (C=O) groups excluding carboxylic acids is 4. The first-order valence-electron chi connectivity index (χ1n) is 15.7. The minimum Gasteiger partial charge on any atom is -0.507 e. The summed E-state index contributed by atoms with van der Waals surface area (Å²) in [5, 5.41) is 21.7. The SMILES string of the molecule is CC12C(=O)N(c3ccccc3)C(=O)C1CC1C(=CCC3C(=O)N(c4cccc(C(=O)O)c4)C(=O)C31)C2c1ccc(O)c2ccccc12. The van der Waals surface area contributed by atoms with Crippen LogP contribution in [0.3, 0.4) is 0 Å². The zero-order valence-electron chi connectivity index (χ0n) is 25.4. The molecule has 9 heteroatoms. The summed E-state index contributed by atoms with van der Waals surface area (Å²) in [6.45, 7) is 1.83. The second kappa shape index (κ2) is 10.2. The van der Waals surface area contributed by atoms with E-state index in [1.54, 1.807) is 48.5 Å². The van der Waals surface area contributed by atoms with Crippen LogP contribution in [0.1, 0.15) is 41.6 Å². The number of phenols is 1. The molecule has 8 rings (SSSR count). The summed E-state index contributed by atoms with van der Waals surface area (Å²) in [6, 6.07) is 25.4. The van der Waals surface area contributed by atoms with Crippen LogP contribution >= 0.6 is 0 Å². The van der Waals surface area contributed by atoms with Crippen molar-refractivity contribution in [2.24, 2.45) is 29.1 Å². The number of fused-ring (bicyclic) bond motifs is 5. The smallest absolute Gasteiger partial charge is 0.335 e. The van der Waals surface area contributed by atoms with Gasteiger partial charge in [0.15, 0.2) is 0 Å². The minimum atomic E-state index is -1.22. The number of benzene rings is 4. The highest BCUT2D eigenvalue weighted by Gasteiger charge is 2.67. The van der Waals surface area contributed by atoms with Crippen molar-refractivity contribution in [2.45, 2.75) is 25.7 Å². The monoisotopic (exact) mass is 626 g/mol. The largest absolute Gasteiger partial charge is 0.507 e. The molecule has 47 heavy (non-hydrogen) atoms. The van der Waals surface area contributed by atoms with Crippen molar-refractivity contribution in [1.82, 2.24) is 0 Å². The van der Waals surface area contributed by atoms with Gasteiger partial charge in [0.1, 0.15) is 5.75 Å². The number of amides is 4. The number of hydrogen-bond donors (Lipinski definition) is 2. The molecule has 6 unspecified atom stereocenters. The summed E-state index contributed by atoms with van der Waals surface area (Å²) in [5.74, 6) is -6.03. The fourth-order valence-corrected chi connectivity index (χ4v) is 8.77. The van der Waals surface area contributed by atoms with Crippen molar-refractivity contribution >= 4 is 51.7 Å². The first kappa shape index (κ1) is 28.9. The molecule has 4 aliphatic rings. The molecule has 0 radical (unpaired) electrons. The molecule has 2 saturated heterocycles. The van der Waals surface area contributed by atoms with Crippen LogP contribution in [0.2, 0.25) is 0 Å². The highest BCUT2D eigenvalue weighted by molar-refractivity contribution is 6.25. The molecule has 4 aromatic rings. The van der Waals surface area contributed by atoms with Gasteiger partial charge in [-0.05, 0) is 73.0 Å². The number of allylic oxidation sites excluding steroid dienone is 2. The van der Waals surface area contributed by atoms with Crippen molar-refractivity contribution in [1.29, 1.82) is 0 Å². The molecule has 234 valence electrons. The third-order valence-corrected chi connectivity index (χ3v) is 10.9. The van der Waals surface area contributed by atoms with Gasteiger partial charge in [-0.1, -0.05) is 66.2 Å². The van der Waals surface area contributed by atoms with E-state index in [9.17, 15) is 34.2 Å². The third kappa shape index (κ3) is 3.92. The van der Waals surface area contributed by atoms with Gasteiger partial charge in [0, 0.05) is 11.3 Å². The Hall–Kier alpha value is -5.57. The fourth-order valence-electron chi connectivity index (χ4n) is 8.77. The average Bonchev–Trinajstić information content (AvgIpc) is 3.45. The van der Waals surface area contributed by atoms with Crippen LogP contribution in [0.5, 0.6) is 5.75 Å². The van der Waals surface area contributed by atoms with E-state index in [0.29, 0.717) is 11.1 Å². The number of carboxylic acid groups (broad SMARTS) is 1. The molecule has 0 bridgehead atoms. The van der Waals surface area contributed by atoms with Crippen LogP contribution in [-0.2, 0) is 19.2 Å². The van der Waals surface area contributed by atoms with Gasteiger partial charge in [-0.15, -0.1) is 0 Å². The first-order chi connectivity index (χ1) is 22.6. The first-order valence-corrected chi connectivity index (χ1v) is 15.7. The molecule has 2 aliphatic heterocycles. The molecule has 0 spiro atoms. The minimum absolute atomic E-state index is 0.0411. The normalized spacial score (nSPS) is 28.3. The Labute approximate surface area is 269 Å². The molecule has 4 amide bonds. The van der Waals surface area contributed by atoms with Gasteiger partial charge in [0.25, 0.3) is 0 Å². The van der Waals surface area contributed by atoms with E-state index in [1.807, 2.05) is 37.3 Å². The summed E-state index contributed by atoms with van der Waals surface area (Å²) in [6.07, 6.45) is 2.44. The van der Waals surface area contributed by atoms with Crippen molar-refractivity contribution in [2.75, 3.05) is 9.80 Å². The molecule has 2 aliphatic carbocycles. The number of nitrogens with zero attached hydrogens (tertiary/aromatic N) is 2. The lowest BCUT2D eigenvalue weighted by Gasteiger charge is -2.49. The predicted molar refractivity (Wildman–Crippen MR) is 173 cm³/mol. The second-order valence-corrected chi connectivity index (χ2v) is 13.1. The average molecular weight is 627 g/mol. The van der Waals surface area contributed by atoms with Crippen molar-refractivity contribution in [3.05, 3.63) is 114 Å². The van der Waals surface area contributed by atoms with Crippen LogP contribution in [0.15, 0.2) is 103 Å². The van der Waals surface area contributed by atoms with Gasteiger partial charge in [0.2, 0.25) is 23.6 Å². The second-order valence-electron chi connectivity index (χ2n) is 13.1. The van der Waals surface area contributed by atoms with E-state index in [2.05, 4.69) is 0 Å². The summed E-state index contributed by atoms with van der Waals surface area (Å²) in [4.78, 5) is 71.3. The number of carbonyl (C=O) groups is 5. The summed E-state index contributed by atoms with van der Waals surface area (Å²) < 4.78 is 0. The Morgan fingerprint density at radius 1 is 0.766 bits per heavy atom. The molecule has 1 saturated carbocycles. The Morgan fingerprint density at radius 2 is 1.47 bits per heavy atom. The van der Waals surface area contributed by atoms with E-state index in [4.69, 9.17) is 0 Å². The van der Waals surface area contributed by atoms with E-state index < -0.39 is 52.8 Å². The standard InChI is InChI=1S/C38H30N2O7/c1-38-29(34(43)40(37(38)47)21-9-3-2-4-10-21)19-28-26(32(38)25-16-17-30(41)24-13-6-5-12-23(24)25)14-15-27-31(28)35(44)39(33(27)42)22-11-7-8-20(18-22)36(45)46/h2-14,16-18,27-29,31-32,41H,15,19H2,1H3,(H,45,46). The number of rotatable bonds is 4. The van der Waals surface area contributed by atoms with Crippen LogP contribution in [0, 0.1) is 29.1 Å². The maximum atomic E-state index is 14.7. The quantitative estimate of drug-likeness (QED) is 0.220. The van der Waals surface area contributed by atoms with E-state index >= 15 is 0 Å². The number of para-hydroxylation sites is 1. The number of phenolic OH excluding ortho intramolecular Hbond substituents is 1. The number of carboxylic acids is 1. The van der Waals surface area contributed by atoms with Crippen LogP contribution < -0.4 is 9.80 Å². The molecule has 0 aromatic heterocycles. The Morgan fingerprint density at radius 3 is 2.21 bits per heavy atom. The van der Waals surface area contributed by atoms with Crippen molar-refractivity contribution in [3.8, 4) is 5.75 Å².